The minimum atomic E-state index is -0.797. The minimum absolute atomic E-state index is 0.273. The largest absolute Gasteiger partial charge is 0.394 e. The summed E-state index contributed by atoms with van der Waals surface area (Å²) in [6.07, 6.45) is -0.801. The number of hydrogen-bond donors (Lipinski definition) is 1. The molecule has 22 heavy (non-hydrogen) atoms. The second-order valence-electron chi connectivity index (χ2n) is 4.91. The number of aliphatic hydroxyl groups is 1. The Morgan fingerprint density at radius 2 is 1.36 bits per heavy atom. The monoisotopic (exact) mass is 300 g/mol. The van der Waals surface area contributed by atoms with Gasteiger partial charge in [0.15, 0.2) is 6.29 Å². The SMILES string of the molecule is O=C[C@H](OCc1ccccc1)[C@@H](CO)OCc1ccccc1. The van der Waals surface area contributed by atoms with E-state index >= 15 is 0 Å². The Labute approximate surface area is 130 Å². The fraction of sp³-hybridized carbons (Fsp3) is 0.278. The molecule has 0 bridgehead atoms. The summed E-state index contributed by atoms with van der Waals surface area (Å²) in [7, 11) is 0. The Kier molecular flexibility index (Phi) is 6.77. The van der Waals surface area contributed by atoms with E-state index in [4.69, 9.17) is 9.47 Å². The summed E-state index contributed by atoms with van der Waals surface area (Å²) in [5, 5.41) is 9.44. The molecule has 0 radical (unpaired) electrons. The van der Waals surface area contributed by atoms with Gasteiger partial charge < -0.3 is 19.4 Å². The van der Waals surface area contributed by atoms with Gasteiger partial charge in [-0.3, -0.25) is 0 Å². The standard InChI is InChI=1S/C18H20O4/c19-11-17(21-13-15-7-3-1-4-8-15)18(12-20)22-14-16-9-5-2-6-10-16/h1-11,17-18,20H,12-14H2/t17-,18+/m0/s1. The van der Waals surface area contributed by atoms with Gasteiger partial charge in [0.05, 0.1) is 19.8 Å². The third kappa shape index (κ3) is 5.07. The van der Waals surface area contributed by atoms with E-state index in [0.717, 1.165) is 11.1 Å². The Morgan fingerprint density at radius 1 is 0.864 bits per heavy atom. The van der Waals surface area contributed by atoms with Gasteiger partial charge in [-0.1, -0.05) is 60.7 Å². The van der Waals surface area contributed by atoms with E-state index in [1.807, 2.05) is 60.7 Å². The van der Waals surface area contributed by atoms with E-state index in [9.17, 15) is 9.90 Å². The summed E-state index contributed by atoms with van der Waals surface area (Å²) in [6, 6.07) is 19.2. The quantitative estimate of drug-likeness (QED) is 0.722. The van der Waals surface area contributed by atoms with Gasteiger partial charge >= 0.3 is 0 Å². The fourth-order valence-electron chi connectivity index (χ4n) is 2.03. The molecular weight excluding hydrogens is 280 g/mol. The normalized spacial score (nSPS) is 13.5. The number of hydrogen-bond acceptors (Lipinski definition) is 4. The van der Waals surface area contributed by atoms with E-state index < -0.39 is 12.2 Å². The van der Waals surface area contributed by atoms with Crippen LogP contribution in [0.5, 0.6) is 0 Å². The molecule has 0 amide bonds. The maximum atomic E-state index is 11.2. The van der Waals surface area contributed by atoms with E-state index in [2.05, 4.69) is 0 Å². The average molecular weight is 300 g/mol. The number of aliphatic hydroxyl groups excluding tert-OH is 1. The molecule has 0 heterocycles. The topological polar surface area (TPSA) is 55.8 Å². The lowest BCUT2D eigenvalue weighted by atomic mass is 10.2. The smallest absolute Gasteiger partial charge is 0.151 e. The highest BCUT2D eigenvalue weighted by atomic mass is 16.5. The van der Waals surface area contributed by atoms with Crippen molar-refractivity contribution in [1.82, 2.24) is 0 Å². The van der Waals surface area contributed by atoms with Crippen molar-refractivity contribution in [3.8, 4) is 0 Å². The van der Waals surface area contributed by atoms with Crippen LogP contribution in [0.2, 0.25) is 0 Å². The highest BCUT2D eigenvalue weighted by molar-refractivity contribution is 5.57. The van der Waals surface area contributed by atoms with Crippen molar-refractivity contribution < 1.29 is 19.4 Å². The van der Waals surface area contributed by atoms with E-state index in [1.54, 1.807) is 0 Å². The van der Waals surface area contributed by atoms with Gasteiger partial charge in [-0.2, -0.15) is 0 Å². The maximum Gasteiger partial charge on any atom is 0.151 e. The first-order valence-electron chi connectivity index (χ1n) is 7.20. The lowest BCUT2D eigenvalue weighted by Gasteiger charge is -2.22. The van der Waals surface area contributed by atoms with Crippen LogP contribution in [0.1, 0.15) is 11.1 Å². The minimum Gasteiger partial charge on any atom is -0.394 e. The molecule has 1 N–H and O–H groups in total. The van der Waals surface area contributed by atoms with E-state index in [0.29, 0.717) is 19.5 Å². The van der Waals surface area contributed by atoms with Gasteiger partial charge in [0, 0.05) is 0 Å². The van der Waals surface area contributed by atoms with Crippen molar-refractivity contribution in [2.45, 2.75) is 25.4 Å². The number of benzene rings is 2. The molecule has 2 atom stereocenters. The first kappa shape index (κ1) is 16.4. The molecule has 0 unspecified atom stereocenters. The van der Waals surface area contributed by atoms with Crippen molar-refractivity contribution in [1.29, 1.82) is 0 Å². The van der Waals surface area contributed by atoms with Gasteiger partial charge in [0.25, 0.3) is 0 Å². The van der Waals surface area contributed by atoms with Gasteiger partial charge in [-0.25, -0.2) is 0 Å². The van der Waals surface area contributed by atoms with E-state index in [1.165, 1.54) is 0 Å². The first-order valence-corrected chi connectivity index (χ1v) is 7.20. The number of rotatable bonds is 9. The van der Waals surface area contributed by atoms with Crippen LogP contribution in [0.3, 0.4) is 0 Å². The highest BCUT2D eigenvalue weighted by Gasteiger charge is 2.22. The van der Waals surface area contributed by atoms with Crippen molar-refractivity contribution in [3.05, 3.63) is 71.8 Å². The Morgan fingerprint density at radius 3 is 1.82 bits per heavy atom. The molecule has 0 saturated heterocycles. The number of carbonyl (C=O) groups is 1. The highest BCUT2D eigenvalue weighted by Crippen LogP contribution is 2.10. The molecule has 2 aromatic rings. The van der Waals surface area contributed by atoms with Crippen LogP contribution in [-0.2, 0) is 27.5 Å². The van der Waals surface area contributed by atoms with E-state index in [-0.39, 0.29) is 6.61 Å². The number of aldehydes is 1. The molecule has 0 aliphatic rings. The molecular formula is C18H20O4. The van der Waals surface area contributed by atoms with Crippen molar-refractivity contribution >= 4 is 6.29 Å². The molecule has 0 saturated carbocycles. The third-order valence-electron chi connectivity index (χ3n) is 3.27. The Bertz CT molecular complexity index is 542. The van der Waals surface area contributed by atoms with Crippen LogP contribution in [-0.4, -0.2) is 30.2 Å². The van der Waals surface area contributed by atoms with Crippen LogP contribution in [0.25, 0.3) is 0 Å². The van der Waals surface area contributed by atoms with Gasteiger partial charge in [0.2, 0.25) is 0 Å². The molecule has 0 spiro atoms. The second kappa shape index (κ2) is 9.10. The zero-order valence-electron chi connectivity index (χ0n) is 12.3. The summed E-state index contributed by atoms with van der Waals surface area (Å²) >= 11 is 0. The molecule has 4 heteroatoms. The maximum absolute atomic E-state index is 11.2. The molecule has 0 aliphatic carbocycles. The Balaban J connectivity index is 1.87. The molecule has 0 aliphatic heterocycles. The van der Waals surface area contributed by atoms with Gasteiger partial charge in [-0.15, -0.1) is 0 Å². The number of carbonyl (C=O) groups excluding carboxylic acids is 1. The van der Waals surface area contributed by atoms with Gasteiger partial charge in [0.1, 0.15) is 12.2 Å². The summed E-state index contributed by atoms with van der Waals surface area (Å²) in [4.78, 5) is 11.2. The van der Waals surface area contributed by atoms with Gasteiger partial charge in [-0.05, 0) is 11.1 Å². The summed E-state index contributed by atoms with van der Waals surface area (Å²) < 4.78 is 11.2. The zero-order chi connectivity index (χ0) is 15.6. The molecule has 116 valence electrons. The van der Waals surface area contributed by atoms with Crippen molar-refractivity contribution in [2.75, 3.05) is 6.61 Å². The lowest BCUT2D eigenvalue weighted by Crippen LogP contribution is -2.35. The third-order valence-corrected chi connectivity index (χ3v) is 3.27. The fourth-order valence-corrected chi connectivity index (χ4v) is 2.03. The zero-order valence-corrected chi connectivity index (χ0v) is 12.3. The van der Waals surface area contributed by atoms with Crippen molar-refractivity contribution in [2.24, 2.45) is 0 Å². The molecule has 4 nitrogen and oxygen atoms in total. The predicted molar refractivity (Wildman–Crippen MR) is 83.2 cm³/mol. The molecule has 2 aromatic carbocycles. The number of ether oxygens (including phenoxy) is 2. The molecule has 0 aromatic heterocycles. The average Bonchev–Trinajstić information content (AvgIpc) is 2.59. The van der Waals surface area contributed by atoms with Crippen molar-refractivity contribution in [3.63, 3.8) is 0 Å². The summed E-state index contributed by atoms with van der Waals surface area (Å²) in [6.45, 7) is 0.353. The molecule has 2 rings (SSSR count). The lowest BCUT2D eigenvalue weighted by molar-refractivity contribution is -0.137. The first-order chi connectivity index (χ1) is 10.8. The Hall–Kier alpha value is -2.01. The summed E-state index contributed by atoms with van der Waals surface area (Å²) in [5.74, 6) is 0. The van der Waals surface area contributed by atoms with Crippen LogP contribution in [0.4, 0.5) is 0 Å². The van der Waals surface area contributed by atoms with Crippen LogP contribution in [0, 0.1) is 0 Å². The van der Waals surface area contributed by atoms with Crippen LogP contribution >= 0.6 is 0 Å². The van der Waals surface area contributed by atoms with Crippen LogP contribution < -0.4 is 0 Å². The van der Waals surface area contributed by atoms with Crippen LogP contribution in [0.15, 0.2) is 60.7 Å². The second-order valence-corrected chi connectivity index (χ2v) is 4.91. The summed E-state index contributed by atoms with van der Waals surface area (Å²) in [5.41, 5.74) is 1.95. The molecule has 0 fully saturated rings. The predicted octanol–water partition coefficient (Wildman–Crippen LogP) is 2.35.